The Labute approximate surface area is 175 Å². The van der Waals surface area contributed by atoms with Crippen LogP contribution in [0.4, 0.5) is 11.8 Å². The summed E-state index contributed by atoms with van der Waals surface area (Å²) in [5.74, 6) is 1.28. The summed E-state index contributed by atoms with van der Waals surface area (Å²) in [5.41, 5.74) is 15.3. The molecule has 0 amide bonds. The molecule has 0 aromatic carbocycles. The number of hydrogen-bond acceptors (Lipinski definition) is 8. The fraction of sp³-hybridized carbons (Fsp3) is 0.571. The van der Waals surface area contributed by atoms with Gasteiger partial charge in [0.25, 0.3) is 5.56 Å². The molecule has 4 N–H and O–H groups in total. The summed E-state index contributed by atoms with van der Waals surface area (Å²) in [6.07, 6.45) is 3.73. The molecule has 9 heteroatoms. The molecule has 0 bridgehead atoms. The summed E-state index contributed by atoms with van der Waals surface area (Å²) in [5, 5.41) is 0. The predicted octanol–water partition coefficient (Wildman–Crippen LogP) is 0.836. The van der Waals surface area contributed by atoms with Gasteiger partial charge in [-0.1, -0.05) is 6.07 Å². The highest BCUT2D eigenvalue weighted by molar-refractivity contribution is 5.56. The normalized spacial score (nSPS) is 27.3. The molecule has 5 rings (SSSR count). The molecule has 1 unspecified atom stereocenters. The number of rotatable bonds is 2. The molecule has 2 aromatic heterocycles. The van der Waals surface area contributed by atoms with Crippen molar-refractivity contribution in [1.82, 2.24) is 20.0 Å². The minimum atomic E-state index is -0.270. The van der Waals surface area contributed by atoms with Gasteiger partial charge in [-0.2, -0.15) is 4.98 Å². The van der Waals surface area contributed by atoms with Gasteiger partial charge in [-0.25, -0.2) is 5.43 Å². The Bertz CT molecular complexity index is 1030. The van der Waals surface area contributed by atoms with Crippen LogP contribution in [-0.2, 0) is 11.8 Å². The van der Waals surface area contributed by atoms with E-state index in [1.54, 1.807) is 17.8 Å². The maximum Gasteiger partial charge on any atom is 0.262 e. The van der Waals surface area contributed by atoms with Crippen LogP contribution in [0.25, 0.3) is 0 Å². The minimum Gasteiger partial charge on any atom is -0.376 e. The third-order valence-corrected chi connectivity index (χ3v) is 7.17. The molecule has 2 fully saturated rings. The van der Waals surface area contributed by atoms with Crippen LogP contribution in [0.3, 0.4) is 0 Å². The van der Waals surface area contributed by atoms with Crippen LogP contribution in [0.2, 0.25) is 0 Å². The minimum absolute atomic E-state index is 0.0360. The Morgan fingerprint density at radius 2 is 2.10 bits per heavy atom. The predicted molar refractivity (Wildman–Crippen MR) is 114 cm³/mol. The van der Waals surface area contributed by atoms with Gasteiger partial charge in [0, 0.05) is 43.5 Å². The summed E-state index contributed by atoms with van der Waals surface area (Å²) >= 11 is 0. The van der Waals surface area contributed by atoms with Crippen molar-refractivity contribution in [2.75, 3.05) is 30.0 Å². The lowest BCUT2D eigenvalue weighted by Gasteiger charge is -2.41. The molecule has 0 radical (unpaired) electrons. The number of nitrogens with two attached hydrogens (primary N) is 1. The van der Waals surface area contributed by atoms with Gasteiger partial charge in [0.05, 0.1) is 24.3 Å². The van der Waals surface area contributed by atoms with E-state index in [1.165, 1.54) is 0 Å². The van der Waals surface area contributed by atoms with E-state index in [-0.39, 0.29) is 29.2 Å². The lowest BCUT2D eigenvalue weighted by atomic mass is 9.73. The first kappa shape index (κ1) is 19.5. The fourth-order valence-corrected chi connectivity index (χ4v) is 5.12. The first-order valence-corrected chi connectivity index (χ1v) is 10.6. The molecule has 1 spiro atoms. The molecule has 2 saturated heterocycles. The maximum absolute atomic E-state index is 13.3. The van der Waals surface area contributed by atoms with Crippen molar-refractivity contribution in [2.45, 2.75) is 44.9 Å². The van der Waals surface area contributed by atoms with Gasteiger partial charge in [-0.05, 0) is 38.3 Å². The topological polar surface area (TPSA) is 110 Å². The molecule has 3 atom stereocenters. The Morgan fingerprint density at radius 1 is 1.33 bits per heavy atom. The number of fused-ring (bicyclic) bond motifs is 1. The molecule has 9 nitrogen and oxygen atoms in total. The van der Waals surface area contributed by atoms with E-state index in [4.69, 9.17) is 15.5 Å². The summed E-state index contributed by atoms with van der Waals surface area (Å²) in [6.45, 7) is 6.33. The summed E-state index contributed by atoms with van der Waals surface area (Å²) in [6, 6.07) is 3.66. The van der Waals surface area contributed by atoms with Gasteiger partial charge in [-0.3, -0.25) is 14.3 Å². The van der Waals surface area contributed by atoms with Crippen LogP contribution in [0, 0.1) is 12.3 Å². The molecule has 5 heterocycles. The number of hydrazine groups is 1. The van der Waals surface area contributed by atoms with Crippen molar-refractivity contribution in [1.29, 1.82) is 0 Å². The number of nitrogens with one attached hydrogen (secondary N) is 2. The van der Waals surface area contributed by atoms with Crippen molar-refractivity contribution in [3.8, 4) is 0 Å². The van der Waals surface area contributed by atoms with Gasteiger partial charge in [0.15, 0.2) is 5.82 Å². The second-order valence-corrected chi connectivity index (χ2v) is 8.81. The van der Waals surface area contributed by atoms with E-state index < -0.39 is 0 Å². The second kappa shape index (κ2) is 7.04. The highest BCUT2D eigenvalue weighted by Crippen LogP contribution is 2.42. The maximum atomic E-state index is 13.3. The second-order valence-electron chi connectivity index (χ2n) is 8.81. The highest BCUT2D eigenvalue weighted by Gasteiger charge is 2.48. The van der Waals surface area contributed by atoms with E-state index in [2.05, 4.69) is 27.7 Å². The Morgan fingerprint density at radius 3 is 2.77 bits per heavy atom. The van der Waals surface area contributed by atoms with E-state index in [1.807, 2.05) is 19.1 Å². The fourth-order valence-electron chi connectivity index (χ4n) is 5.12. The molecule has 160 valence electrons. The van der Waals surface area contributed by atoms with Crippen LogP contribution < -0.4 is 27.0 Å². The zero-order valence-electron chi connectivity index (χ0n) is 17.7. The Kier molecular flexibility index (Phi) is 4.57. The van der Waals surface area contributed by atoms with Gasteiger partial charge in [0.2, 0.25) is 5.95 Å². The molecule has 0 saturated carbocycles. The number of hydrogen-bond donors (Lipinski definition) is 3. The molecule has 3 aliphatic heterocycles. The Balaban J connectivity index is 1.44. The third kappa shape index (κ3) is 2.84. The van der Waals surface area contributed by atoms with Crippen molar-refractivity contribution in [3.63, 3.8) is 0 Å². The highest BCUT2D eigenvalue weighted by atomic mass is 16.5. The Hall–Kier alpha value is -2.49. The van der Waals surface area contributed by atoms with Crippen molar-refractivity contribution in [3.05, 3.63) is 45.5 Å². The third-order valence-electron chi connectivity index (χ3n) is 7.17. The molecule has 30 heavy (non-hydrogen) atoms. The first-order valence-electron chi connectivity index (χ1n) is 10.6. The average Bonchev–Trinajstić information content (AvgIpc) is 3.29. The first-order chi connectivity index (χ1) is 14.4. The number of aromatic nitrogens is 3. The average molecular weight is 412 g/mol. The van der Waals surface area contributed by atoms with Crippen molar-refractivity contribution in [2.24, 2.45) is 18.2 Å². The zero-order chi connectivity index (χ0) is 21.0. The van der Waals surface area contributed by atoms with Gasteiger partial charge in [-0.15, -0.1) is 0 Å². The van der Waals surface area contributed by atoms with Gasteiger partial charge < -0.3 is 20.8 Å². The number of aryl methyl sites for hydroxylation is 1. The SMILES string of the molecule is Cc1ncccc1C1NNc2nc(N3CCC4(CC3)CO[C@@H](C)[C@H]4N)n(C)c(=O)c21. The van der Waals surface area contributed by atoms with Crippen LogP contribution in [0.15, 0.2) is 23.1 Å². The molecular formula is C21H29N7O2. The van der Waals surface area contributed by atoms with Crippen LogP contribution in [-0.4, -0.2) is 46.4 Å². The van der Waals surface area contributed by atoms with E-state index >= 15 is 0 Å². The summed E-state index contributed by atoms with van der Waals surface area (Å²) in [7, 11) is 1.80. The zero-order valence-corrected chi connectivity index (χ0v) is 17.7. The molecular weight excluding hydrogens is 382 g/mol. The van der Waals surface area contributed by atoms with Crippen LogP contribution >= 0.6 is 0 Å². The van der Waals surface area contributed by atoms with Crippen molar-refractivity contribution < 1.29 is 4.74 Å². The van der Waals surface area contributed by atoms with E-state index in [0.29, 0.717) is 17.3 Å². The lowest BCUT2D eigenvalue weighted by Crippen LogP contribution is -2.51. The summed E-state index contributed by atoms with van der Waals surface area (Å²) < 4.78 is 7.49. The monoisotopic (exact) mass is 411 g/mol. The lowest BCUT2D eigenvalue weighted by molar-refractivity contribution is 0.0973. The number of pyridine rings is 1. The largest absolute Gasteiger partial charge is 0.376 e. The molecule has 2 aromatic rings. The smallest absolute Gasteiger partial charge is 0.262 e. The number of anilines is 2. The number of nitrogens with zero attached hydrogens (tertiary/aromatic N) is 4. The van der Waals surface area contributed by atoms with E-state index in [0.717, 1.165) is 43.8 Å². The molecule has 3 aliphatic rings. The molecule has 0 aliphatic carbocycles. The van der Waals surface area contributed by atoms with Crippen molar-refractivity contribution >= 4 is 11.8 Å². The van der Waals surface area contributed by atoms with Crippen LogP contribution in [0.5, 0.6) is 0 Å². The van der Waals surface area contributed by atoms with E-state index in [9.17, 15) is 4.79 Å². The van der Waals surface area contributed by atoms with Crippen LogP contribution in [0.1, 0.15) is 42.6 Å². The van der Waals surface area contributed by atoms with Gasteiger partial charge >= 0.3 is 0 Å². The summed E-state index contributed by atoms with van der Waals surface area (Å²) in [4.78, 5) is 24.7. The number of piperidine rings is 1. The number of ether oxygens (including phenoxy) is 1. The van der Waals surface area contributed by atoms with Gasteiger partial charge in [0.1, 0.15) is 0 Å². The standard InChI is InChI=1S/C21H29N7O2/c1-12-14(5-4-8-23-12)16-15-18(26-25-16)24-20(27(3)19(15)29)28-9-6-21(7-10-28)11-30-13(2)17(21)22/h4-5,8,13,16-17,25-26H,6-7,9-11,22H2,1-3H3/t13-,16?,17+/m0/s1. The quantitative estimate of drug-likeness (QED) is 0.667.